The molecule has 3 aromatic rings. The number of benzene rings is 2. The highest BCUT2D eigenvalue weighted by Gasteiger charge is 2.12. The van der Waals surface area contributed by atoms with Crippen LogP contribution < -0.4 is 9.47 Å². The van der Waals surface area contributed by atoms with Gasteiger partial charge in [0.25, 0.3) is 0 Å². The fraction of sp³-hybridized carbons (Fsp3) is 0.200. The third-order valence-electron chi connectivity index (χ3n) is 3.75. The summed E-state index contributed by atoms with van der Waals surface area (Å²) in [5, 5.41) is 2.69. The van der Waals surface area contributed by atoms with Gasteiger partial charge in [-0.1, -0.05) is 30.3 Å². The van der Waals surface area contributed by atoms with Crippen LogP contribution in [-0.4, -0.2) is 25.2 Å². The van der Waals surface area contributed by atoms with Crippen LogP contribution in [-0.2, 0) is 22.6 Å². The van der Waals surface area contributed by atoms with Gasteiger partial charge in [0, 0.05) is 10.9 Å². The standard InChI is InChI=1S/C20H19NO4S/c1-23-17-9-8-15(10-18(17)24-2)20-21-16(13-26-20)11-19(22)25-12-14-6-4-3-5-7-14/h3-10,13H,11-12H2,1-2H3. The second kappa shape index (κ2) is 8.49. The van der Waals surface area contributed by atoms with Gasteiger partial charge in [0.1, 0.15) is 11.6 Å². The number of hydrogen-bond donors (Lipinski definition) is 0. The van der Waals surface area contributed by atoms with Crippen molar-refractivity contribution in [3.63, 3.8) is 0 Å². The van der Waals surface area contributed by atoms with E-state index in [2.05, 4.69) is 4.98 Å². The molecular formula is C20H19NO4S. The van der Waals surface area contributed by atoms with Crippen molar-refractivity contribution in [3.8, 4) is 22.1 Å². The maximum atomic E-state index is 12.0. The zero-order chi connectivity index (χ0) is 18.4. The molecule has 0 saturated carbocycles. The minimum absolute atomic E-state index is 0.149. The fourth-order valence-corrected chi connectivity index (χ4v) is 3.24. The molecule has 0 aliphatic rings. The number of carbonyl (C=O) groups is 1. The molecule has 0 fully saturated rings. The van der Waals surface area contributed by atoms with Crippen LogP contribution in [0.15, 0.2) is 53.9 Å². The van der Waals surface area contributed by atoms with Gasteiger partial charge in [0.15, 0.2) is 11.5 Å². The van der Waals surface area contributed by atoms with Gasteiger partial charge >= 0.3 is 5.97 Å². The van der Waals surface area contributed by atoms with Crippen LogP contribution in [0, 0.1) is 0 Å². The number of thiazole rings is 1. The van der Waals surface area contributed by atoms with Gasteiger partial charge in [0.05, 0.1) is 26.3 Å². The lowest BCUT2D eigenvalue weighted by atomic mass is 10.2. The zero-order valence-corrected chi connectivity index (χ0v) is 15.4. The number of methoxy groups -OCH3 is 2. The maximum absolute atomic E-state index is 12.0. The van der Waals surface area contributed by atoms with Gasteiger partial charge < -0.3 is 14.2 Å². The third kappa shape index (κ3) is 4.40. The molecule has 134 valence electrons. The number of hydrogen-bond acceptors (Lipinski definition) is 6. The first kappa shape index (κ1) is 17.9. The van der Waals surface area contributed by atoms with E-state index in [1.54, 1.807) is 14.2 Å². The highest BCUT2D eigenvalue weighted by atomic mass is 32.1. The zero-order valence-electron chi connectivity index (χ0n) is 14.6. The summed E-state index contributed by atoms with van der Waals surface area (Å²) in [6.07, 6.45) is 0.149. The predicted octanol–water partition coefficient (Wildman–Crippen LogP) is 4.11. The van der Waals surface area contributed by atoms with Gasteiger partial charge in [0.2, 0.25) is 0 Å². The van der Waals surface area contributed by atoms with Crippen LogP contribution in [0.2, 0.25) is 0 Å². The minimum atomic E-state index is -0.294. The van der Waals surface area contributed by atoms with E-state index in [1.165, 1.54) is 11.3 Å². The quantitative estimate of drug-likeness (QED) is 0.587. The van der Waals surface area contributed by atoms with Crippen LogP contribution in [0.25, 0.3) is 10.6 Å². The Balaban J connectivity index is 1.63. The Morgan fingerprint density at radius 3 is 2.54 bits per heavy atom. The number of aromatic nitrogens is 1. The Hall–Kier alpha value is -2.86. The second-order valence-electron chi connectivity index (χ2n) is 5.54. The lowest BCUT2D eigenvalue weighted by Gasteiger charge is -2.08. The molecule has 0 N–H and O–H groups in total. The first-order valence-corrected chi connectivity index (χ1v) is 8.94. The van der Waals surface area contributed by atoms with Crippen molar-refractivity contribution in [3.05, 3.63) is 65.2 Å². The lowest BCUT2D eigenvalue weighted by Crippen LogP contribution is -2.08. The SMILES string of the molecule is COc1ccc(-c2nc(CC(=O)OCc3ccccc3)cs2)cc1OC. The van der Waals surface area contributed by atoms with Crippen molar-refractivity contribution in [2.24, 2.45) is 0 Å². The monoisotopic (exact) mass is 369 g/mol. The summed E-state index contributed by atoms with van der Waals surface area (Å²) in [4.78, 5) is 16.5. The van der Waals surface area contributed by atoms with Crippen LogP contribution in [0.4, 0.5) is 0 Å². The molecule has 0 aliphatic carbocycles. The molecule has 0 amide bonds. The average molecular weight is 369 g/mol. The number of carbonyl (C=O) groups excluding carboxylic acids is 1. The van der Waals surface area contributed by atoms with Gasteiger partial charge in [-0.15, -0.1) is 11.3 Å². The molecule has 0 aliphatic heterocycles. The average Bonchev–Trinajstić information content (AvgIpc) is 3.15. The minimum Gasteiger partial charge on any atom is -0.493 e. The molecular weight excluding hydrogens is 350 g/mol. The number of nitrogens with zero attached hydrogens (tertiary/aromatic N) is 1. The largest absolute Gasteiger partial charge is 0.493 e. The number of ether oxygens (including phenoxy) is 3. The van der Waals surface area contributed by atoms with Crippen molar-refractivity contribution in [1.29, 1.82) is 0 Å². The van der Waals surface area contributed by atoms with Crippen molar-refractivity contribution in [1.82, 2.24) is 4.98 Å². The lowest BCUT2D eigenvalue weighted by molar-refractivity contribution is -0.144. The normalized spacial score (nSPS) is 10.4. The Labute approximate surface area is 156 Å². The summed E-state index contributed by atoms with van der Waals surface area (Å²) >= 11 is 1.48. The van der Waals surface area contributed by atoms with Crippen LogP contribution in [0.5, 0.6) is 11.5 Å². The van der Waals surface area contributed by atoms with Crippen LogP contribution in [0.1, 0.15) is 11.3 Å². The molecule has 0 bridgehead atoms. The summed E-state index contributed by atoms with van der Waals surface area (Å²) < 4.78 is 15.9. The first-order chi connectivity index (χ1) is 12.7. The molecule has 2 aromatic carbocycles. The topological polar surface area (TPSA) is 57.7 Å². The van der Waals surface area contributed by atoms with Gasteiger partial charge in [-0.3, -0.25) is 4.79 Å². The second-order valence-corrected chi connectivity index (χ2v) is 6.39. The Kier molecular flexibility index (Phi) is 5.86. The van der Waals surface area contributed by atoms with E-state index in [0.717, 1.165) is 16.1 Å². The van der Waals surface area contributed by atoms with Crippen molar-refractivity contribution < 1.29 is 19.0 Å². The molecule has 3 rings (SSSR count). The van der Waals surface area contributed by atoms with Crippen molar-refractivity contribution in [2.75, 3.05) is 14.2 Å². The van der Waals surface area contributed by atoms with E-state index in [-0.39, 0.29) is 19.0 Å². The molecule has 6 heteroatoms. The maximum Gasteiger partial charge on any atom is 0.312 e. The molecule has 0 radical (unpaired) electrons. The Bertz CT molecular complexity index is 877. The fourth-order valence-electron chi connectivity index (χ4n) is 2.43. The van der Waals surface area contributed by atoms with E-state index < -0.39 is 0 Å². The molecule has 0 spiro atoms. The summed E-state index contributed by atoms with van der Waals surface area (Å²) in [6, 6.07) is 15.2. The molecule has 0 unspecified atom stereocenters. The van der Waals surface area contributed by atoms with Crippen molar-refractivity contribution >= 4 is 17.3 Å². The van der Waals surface area contributed by atoms with E-state index in [9.17, 15) is 4.79 Å². The third-order valence-corrected chi connectivity index (χ3v) is 4.69. The highest BCUT2D eigenvalue weighted by Crippen LogP contribution is 2.33. The highest BCUT2D eigenvalue weighted by molar-refractivity contribution is 7.13. The molecule has 1 aromatic heterocycles. The summed E-state index contributed by atoms with van der Waals surface area (Å²) in [7, 11) is 3.19. The summed E-state index contributed by atoms with van der Waals surface area (Å²) in [6.45, 7) is 0.270. The molecule has 5 nitrogen and oxygen atoms in total. The van der Waals surface area contributed by atoms with Crippen molar-refractivity contribution in [2.45, 2.75) is 13.0 Å². The predicted molar refractivity (Wildman–Crippen MR) is 101 cm³/mol. The molecule has 1 heterocycles. The van der Waals surface area contributed by atoms with Crippen LogP contribution in [0.3, 0.4) is 0 Å². The molecule has 26 heavy (non-hydrogen) atoms. The molecule has 0 saturated heterocycles. The van der Waals surface area contributed by atoms with Gasteiger partial charge in [-0.25, -0.2) is 4.98 Å². The van der Waals surface area contributed by atoms with E-state index in [1.807, 2.05) is 53.9 Å². The number of esters is 1. The smallest absolute Gasteiger partial charge is 0.312 e. The summed E-state index contributed by atoms with van der Waals surface area (Å²) in [5.41, 5.74) is 2.57. The van der Waals surface area contributed by atoms with Gasteiger partial charge in [-0.05, 0) is 23.8 Å². The Morgan fingerprint density at radius 1 is 1.04 bits per heavy atom. The number of rotatable bonds is 7. The Morgan fingerprint density at radius 2 is 1.81 bits per heavy atom. The summed E-state index contributed by atoms with van der Waals surface area (Å²) in [5.74, 6) is 1.01. The van der Waals surface area contributed by atoms with E-state index >= 15 is 0 Å². The van der Waals surface area contributed by atoms with E-state index in [4.69, 9.17) is 14.2 Å². The van der Waals surface area contributed by atoms with Crippen LogP contribution >= 0.6 is 11.3 Å². The first-order valence-electron chi connectivity index (χ1n) is 8.06. The van der Waals surface area contributed by atoms with E-state index in [0.29, 0.717) is 17.2 Å². The van der Waals surface area contributed by atoms with Gasteiger partial charge in [-0.2, -0.15) is 0 Å². The molecule has 0 atom stereocenters.